The molecule has 9 heteroatoms. The molecule has 0 aliphatic carbocycles. The first-order valence-electron chi connectivity index (χ1n) is 6.92. The van der Waals surface area contributed by atoms with E-state index in [0.29, 0.717) is 0 Å². The number of esters is 2. The molecule has 8 nitrogen and oxygen atoms in total. The summed E-state index contributed by atoms with van der Waals surface area (Å²) in [6, 6.07) is -1.55. The maximum absolute atomic E-state index is 12.2. The summed E-state index contributed by atoms with van der Waals surface area (Å²) in [6.45, 7) is 7.16. The van der Waals surface area contributed by atoms with Crippen LogP contribution in [0.4, 0.5) is 0 Å². The number of nitrogens with two attached hydrogens (primary N) is 1. The monoisotopic (exact) mass is 322 g/mol. The van der Waals surface area contributed by atoms with E-state index >= 15 is 0 Å². The fourth-order valence-corrected chi connectivity index (χ4v) is 2.69. The first-order chi connectivity index (χ1) is 9.88. The minimum atomic E-state index is -1.95. The Morgan fingerprint density at radius 1 is 1.19 bits per heavy atom. The highest BCUT2D eigenvalue weighted by Gasteiger charge is 2.39. The van der Waals surface area contributed by atoms with Crippen LogP contribution in [-0.4, -0.2) is 54.7 Å². The van der Waals surface area contributed by atoms with Crippen molar-refractivity contribution in [1.29, 1.82) is 0 Å². The zero-order valence-electron chi connectivity index (χ0n) is 13.0. The lowest BCUT2D eigenvalue weighted by molar-refractivity contribution is -0.151. The molecular weight excluding hydrogens is 297 g/mol. The number of nitrogens with zero attached hydrogens (tertiary/aromatic N) is 1. The first kappa shape index (κ1) is 19.9. The summed E-state index contributed by atoms with van der Waals surface area (Å²) in [5, 5.41) is 0. The van der Waals surface area contributed by atoms with Gasteiger partial charge in [-0.15, -0.1) is 0 Å². The zero-order valence-corrected chi connectivity index (χ0v) is 13.9. The minimum Gasteiger partial charge on any atom is -0.465 e. The number of carbonyl (C=O) groups excluding carboxylic acids is 2. The Bertz CT molecular complexity index is 367. The fraction of sp³-hybridized carbons (Fsp3) is 0.833. The standard InChI is InChI=1S/C12H25N3O5P/c1-5-19-11(16)9(3)14-15(21(18)8-7-13)10(4)12(17)20-6-2/h9-10,14H,5-8,13H2,1-4H3/q+1. The number of hydrogen-bond donors (Lipinski definition) is 2. The molecule has 0 fully saturated rings. The Balaban J connectivity index is 4.93. The van der Waals surface area contributed by atoms with Crippen molar-refractivity contribution in [2.24, 2.45) is 5.73 Å². The largest absolute Gasteiger partial charge is 0.465 e. The normalized spacial score (nSPS) is 14.5. The lowest BCUT2D eigenvalue weighted by atomic mass is 10.3. The van der Waals surface area contributed by atoms with Gasteiger partial charge in [-0.1, -0.05) is 0 Å². The lowest BCUT2D eigenvalue weighted by Gasteiger charge is -2.21. The Morgan fingerprint density at radius 3 is 2.19 bits per heavy atom. The molecular formula is C12H25N3O5P+. The maximum Gasteiger partial charge on any atom is 0.451 e. The Morgan fingerprint density at radius 2 is 1.71 bits per heavy atom. The van der Waals surface area contributed by atoms with Gasteiger partial charge in [0.05, 0.1) is 13.2 Å². The van der Waals surface area contributed by atoms with Crippen LogP contribution in [0, 0.1) is 0 Å². The van der Waals surface area contributed by atoms with E-state index in [2.05, 4.69) is 5.43 Å². The van der Waals surface area contributed by atoms with Crippen LogP contribution >= 0.6 is 7.95 Å². The Kier molecular flexibility index (Phi) is 10.1. The molecule has 3 unspecified atom stereocenters. The third-order valence-corrected chi connectivity index (χ3v) is 4.10. The van der Waals surface area contributed by atoms with Crippen LogP contribution in [0.1, 0.15) is 27.7 Å². The van der Waals surface area contributed by atoms with Crippen molar-refractivity contribution < 1.29 is 23.6 Å². The topological polar surface area (TPSA) is 111 Å². The highest BCUT2D eigenvalue weighted by Crippen LogP contribution is 2.27. The Hall–Kier alpha value is -1.08. The van der Waals surface area contributed by atoms with E-state index in [0.717, 1.165) is 0 Å². The molecule has 0 saturated carbocycles. The highest BCUT2D eigenvalue weighted by atomic mass is 31.1. The smallest absolute Gasteiger partial charge is 0.451 e. The van der Waals surface area contributed by atoms with E-state index in [4.69, 9.17) is 15.2 Å². The average molecular weight is 322 g/mol. The van der Waals surface area contributed by atoms with Crippen molar-refractivity contribution in [3.8, 4) is 0 Å². The van der Waals surface area contributed by atoms with Gasteiger partial charge in [0.2, 0.25) is 0 Å². The summed E-state index contributed by atoms with van der Waals surface area (Å²) in [4.78, 5) is 23.4. The number of hydrazine groups is 1. The predicted molar refractivity (Wildman–Crippen MR) is 78.7 cm³/mol. The van der Waals surface area contributed by atoms with E-state index in [1.54, 1.807) is 27.7 Å². The number of ether oxygens (including phenoxy) is 2. The van der Waals surface area contributed by atoms with Gasteiger partial charge in [0.25, 0.3) is 0 Å². The van der Waals surface area contributed by atoms with Crippen molar-refractivity contribution in [1.82, 2.24) is 10.2 Å². The van der Waals surface area contributed by atoms with Crippen LogP contribution in [0.5, 0.6) is 0 Å². The molecule has 0 amide bonds. The minimum absolute atomic E-state index is 0.196. The van der Waals surface area contributed by atoms with Crippen molar-refractivity contribution in [2.45, 2.75) is 39.8 Å². The maximum atomic E-state index is 12.2. The molecule has 122 valence electrons. The number of carbonyl (C=O) groups is 2. The quantitative estimate of drug-likeness (QED) is 0.338. The van der Waals surface area contributed by atoms with Crippen LogP contribution < -0.4 is 11.2 Å². The second kappa shape index (κ2) is 10.6. The van der Waals surface area contributed by atoms with Crippen molar-refractivity contribution in [3.05, 3.63) is 0 Å². The number of hydrogen-bond acceptors (Lipinski definition) is 7. The van der Waals surface area contributed by atoms with Gasteiger partial charge in [-0.2, -0.15) is 5.43 Å². The predicted octanol–water partition coefficient (Wildman–Crippen LogP) is 0.397. The van der Waals surface area contributed by atoms with Crippen LogP contribution in [0.3, 0.4) is 0 Å². The van der Waals surface area contributed by atoms with Crippen molar-refractivity contribution in [3.63, 3.8) is 0 Å². The highest BCUT2D eigenvalue weighted by molar-refractivity contribution is 7.42. The summed E-state index contributed by atoms with van der Waals surface area (Å²) < 4.78 is 23.2. The molecule has 0 aliphatic rings. The zero-order chi connectivity index (χ0) is 16.4. The fourth-order valence-electron chi connectivity index (χ4n) is 1.47. The molecule has 0 aromatic rings. The van der Waals surface area contributed by atoms with E-state index < -0.39 is 32.0 Å². The van der Waals surface area contributed by atoms with Crippen LogP contribution in [0.15, 0.2) is 0 Å². The molecule has 3 N–H and O–H groups in total. The SMILES string of the molecule is CCOC(=O)C(C)NN(C(C)C(=O)OCC)[P+](=O)CCN. The van der Waals surface area contributed by atoms with Gasteiger partial charge in [0.1, 0.15) is 6.04 Å². The van der Waals surface area contributed by atoms with Crippen LogP contribution in [0.2, 0.25) is 0 Å². The van der Waals surface area contributed by atoms with Gasteiger partial charge in [-0.3, -0.25) is 9.59 Å². The Labute approximate surface area is 126 Å². The van der Waals surface area contributed by atoms with Crippen LogP contribution in [0.25, 0.3) is 0 Å². The van der Waals surface area contributed by atoms with E-state index in [1.165, 1.54) is 4.78 Å². The van der Waals surface area contributed by atoms with Gasteiger partial charge in [-0.25, -0.2) is 0 Å². The number of nitrogens with one attached hydrogen (secondary N) is 1. The first-order valence-corrected chi connectivity index (χ1v) is 8.32. The summed E-state index contributed by atoms with van der Waals surface area (Å²) in [5.41, 5.74) is 8.14. The molecule has 21 heavy (non-hydrogen) atoms. The summed E-state index contributed by atoms with van der Waals surface area (Å²) in [6.07, 6.45) is 0.196. The van der Waals surface area contributed by atoms with Crippen LogP contribution in [-0.2, 0) is 23.6 Å². The molecule has 0 spiro atoms. The molecule has 0 rings (SSSR count). The van der Waals surface area contributed by atoms with Crippen molar-refractivity contribution >= 4 is 19.9 Å². The van der Waals surface area contributed by atoms with Gasteiger partial charge in [0.15, 0.2) is 12.2 Å². The second-order valence-corrected chi connectivity index (χ2v) is 5.82. The summed E-state index contributed by atoms with van der Waals surface area (Å²) in [7, 11) is -1.95. The van der Waals surface area contributed by atoms with Gasteiger partial charge < -0.3 is 15.2 Å². The molecule has 0 aliphatic heterocycles. The summed E-state index contributed by atoms with van der Waals surface area (Å²) in [5.74, 6) is -1.02. The van der Waals surface area contributed by atoms with Crippen molar-refractivity contribution in [2.75, 3.05) is 25.9 Å². The summed E-state index contributed by atoms with van der Waals surface area (Å²) >= 11 is 0. The molecule has 0 aromatic heterocycles. The second-order valence-electron chi connectivity index (χ2n) is 4.24. The molecule has 3 atom stereocenters. The molecule has 0 aromatic carbocycles. The third kappa shape index (κ3) is 6.95. The molecule has 0 bridgehead atoms. The molecule has 0 heterocycles. The molecule has 0 radical (unpaired) electrons. The van der Waals surface area contributed by atoms with E-state index in [-0.39, 0.29) is 25.9 Å². The van der Waals surface area contributed by atoms with Gasteiger partial charge >= 0.3 is 19.9 Å². The number of rotatable bonds is 10. The van der Waals surface area contributed by atoms with E-state index in [9.17, 15) is 14.2 Å². The van der Waals surface area contributed by atoms with E-state index in [1.807, 2.05) is 0 Å². The lowest BCUT2D eigenvalue weighted by Crippen LogP contribution is -2.50. The average Bonchev–Trinajstić information content (AvgIpc) is 2.44. The van der Waals surface area contributed by atoms with Gasteiger partial charge in [-0.05, 0) is 37.0 Å². The third-order valence-electron chi connectivity index (χ3n) is 2.52. The molecule has 0 saturated heterocycles. The van der Waals surface area contributed by atoms with Gasteiger partial charge in [0, 0.05) is 6.54 Å².